The molecule has 0 unspecified atom stereocenters. The maximum atomic E-state index is 13.1. The quantitative estimate of drug-likeness (QED) is 0.551. The fraction of sp³-hybridized carbons (Fsp3) is 0.130. The van der Waals surface area contributed by atoms with E-state index in [4.69, 9.17) is 4.74 Å². The van der Waals surface area contributed by atoms with E-state index in [9.17, 15) is 9.59 Å². The maximum Gasteiger partial charge on any atom is 0.196 e. The minimum Gasteiger partial charge on any atom is -0.497 e. The van der Waals surface area contributed by atoms with Crippen molar-refractivity contribution in [2.75, 3.05) is 26.1 Å². The number of ether oxygens (including phenoxy) is 1. The Morgan fingerprint density at radius 3 is 1.96 bits per heavy atom. The summed E-state index contributed by atoms with van der Waals surface area (Å²) in [6.45, 7) is 0. The molecule has 0 radical (unpaired) electrons. The van der Waals surface area contributed by atoms with E-state index in [2.05, 4.69) is 0 Å². The summed E-state index contributed by atoms with van der Waals surface area (Å²) >= 11 is 0. The predicted octanol–water partition coefficient (Wildman–Crippen LogP) is 4.20. The summed E-state index contributed by atoms with van der Waals surface area (Å²) in [6.07, 6.45) is 0. The molecule has 3 aromatic rings. The molecule has 0 aromatic heterocycles. The Bertz CT molecular complexity index is 1070. The van der Waals surface area contributed by atoms with Gasteiger partial charge >= 0.3 is 0 Å². The number of ketones is 2. The Morgan fingerprint density at radius 2 is 1.37 bits per heavy atom. The molecule has 0 saturated heterocycles. The summed E-state index contributed by atoms with van der Waals surface area (Å²) in [6, 6.07) is 18.4. The van der Waals surface area contributed by atoms with Gasteiger partial charge in [-0.1, -0.05) is 36.4 Å². The van der Waals surface area contributed by atoms with Crippen molar-refractivity contribution < 1.29 is 14.3 Å². The molecule has 4 heteroatoms. The summed E-state index contributed by atoms with van der Waals surface area (Å²) in [5, 5.41) is 0. The monoisotopic (exact) mass is 357 g/mol. The second-order valence-electron chi connectivity index (χ2n) is 6.74. The number of anilines is 1. The van der Waals surface area contributed by atoms with Gasteiger partial charge in [-0.15, -0.1) is 0 Å². The van der Waals surface area contributed by atoms with E-state index in [0.717, 1.165) is 22.6 Å². The number of nitrogens with zero attached hydrogens (tertiary/aromatic N) is 1. The van der Waals surface area contributed by atoms with Crippen LogP contribution in [0.5, 0.6) is 5.75 Å². The fourth-order valence-corrected chi connectivity index (χ4v) is 3.51. The van der Waals surface area contributed by atoms with Crippen LogP contribution in [-0.4, -0.2) is 32.8 Å². The van der Waals surface area contributed by atoms with Crippen LogP contribution >= 0.6 is 0 Å². The number of hydrogen-bond donors (Lipinski definition) is 0. The van der Waals surface area contributed by atoms with Crippen molar-refractivity contribution in [2.24, 2.45) is 0 Å². The van der Waals surface area contributed by atoms with Gasteiger partial charge in [-0.05, 0) is 35.4 Å². The molecule has 0 fully saturated rings. The van der Waals surface area contributed by atoms with E-state index >= 15 is 0 Å². The normalized spacial score (nSPS) is 12.4. The van der Waals surface area contributed by atoms with Gasteiger partial charge in [0.05, 0.1) is 12.7 Å². The smallest absolute Gasteiger partial charge is 0.196 e. The minimum absolute atomic E-state index is 0.106. The van der Waals surface area contributed by atoms with Crippen molar-refractivity contribution in [1.82, 2.24) is 0 Å². The van der Waals surface area contributed by atoms with Gasteiger partial charge in [0.25, 0.3) is 0 Å². The van der Waals surface area contributed by atoms with Gasteiger partial charge in [0, 0.05) is 36.5 Å². The van der Waals surface area contributed by atoms with Crippen LogP contribution < -0.4 is 9.64 Å². The van der Waals surface area contributed by atoms with Crippen LogP contribution in [0.3, 0.4) is 0 Å². The number of benzene rings is 3. The van der Waals surface area contributed by atoms with Gasteiger partial charge in [0.2, 0.25) is 0 Å². The van der Waals surface area contributed by atoms with Crippen LogP contribution in [0.1, 0.15) is 31.8 Å². The summed E-state index contributed by atoms with van der Waals surface area (Å²) < 4.78 is 5.22. The highest BCUT2D eigenvalue weighted by molar-refractivity contribution is 6.30. The molecule has 134 valence electrons. The number of hydrogen-bond acceptors (Lipinski definition) is 4. The number of carbonyl (C=O) groups excluding carboxylic acids is 2. The first-order valence-electron chi connectivity index (χ1n) is 8.69. The summed E-state index contributed by atoms with van der Waals surface area (Å²) in [7, 11) is 5.39. The van der Waals surface area contributed by atoms with E-state index < -0.39 is 0 Å². The molecule has 1 aliphatic rings. The Labute approximate surface area is 158 Å². The number of carbonyl (C=O) groups is 2. The molecular weight excluding hydrogens is 338 g/mol. The molecule has 1 aliphatic carbocycles. The van der Waals surface area contributed by atoms with Gasteiger partial charge in [0.1, 0.15) is 5.75 Å². The van der Waals surface area contributed by atoms with Crippen molar-refractivity contribution in [3.63, 3.8) is 0 Å². The van der Waals surface area contributed by atoms with Crippen LogP contribution in [0.4, 0.5) is 5.69 Å². The highest BCUT2D eigenvalue weighted by Crippen LogP contribution is 2.37. The molecule has 0 aliphatic heterocycles. The van der Waals surface area contributed by atoms with Crippen molar-refractivity contribution in [3.05, 3.63) is 82.9 Å². The molecule has 0 saturated carbocycles. The average molecular weight is 357 g/mol. The molecule has 0 bridgehead atoms. The SMILES string of the molecule is COc1ccc(-c2cc3c(c(N(C)C)c2)C(=O)c2ccccc2C3=O)cc1. The topological polar surface area (TPSA) is 46.6 Å². The van der Waals surface area contributed by atoms with Crippen molar-refractivity contribution in [2.45, 2.75) is 0 Å². The van der Waals surface area contributed by atoms with Crippen LogP contribution in [0.2, 0.25) is 0 Å². The number of fused-ring (bicyclic) bond motifs is 2. The largest absolute Gasteiger partial charge is 0.497 e. The zero-order valence-electron chi connectivity index (χ0n) is 15.4. The van der Waals surface area contributed by atoms with Crippen LogP contribution in [0.25, 0.3) is 11.1 Å². The maximum absolute atomic E-state index is 13.1. The zero-order chi connectivity index (χ0) is 19.1. The molecular formula is C23H19NO3. The molecule has 3 aromatic carbocycles. The Balaban J connectivity index is 1.95. The number of methoxy groups -OCH3 is 1. The Hall–Kier alpha value is -3.40. The molecule has 27 heavy (non-hydrogen) atoms. The molecule has 0 heterocycles. The Kier molecular flexibility index (Phi) is 4.04. The van der Waals surface area contributed by atoms with Gasteiger partial charge in [0.15, 0.2) is 11.6 Å². The first kappa shape index (κ1) is 17.0. The summed E-state index contributed by atoms with van der Waals surface area (Å²) in [4.78, 5) is 28.1. The van der Waals surface area contributed by atoms with Crippen LogP contribution in [0, 0.1) is 0 Å². The second-order valence-corrected chi connectivity index (χ2v) is 6.74. The zero-order valence-corrected chi connectivity index (χ0v) is 15.4. The molecule has 0 amide bonds. The van der Waals surface area contributed by atoms with Crippen molar-refractivity contribution in [3.8, 4) is 16.9 Å². The van der Waals surface area contributed by atoms with Crippen LogP contribution in [0.15, 0.2) is 60.7 Å². The first-order valence-corrected chi connectivity index (χ1v) is 8.69. The highest BCUT2D eigenvalue weighted by atomic mass is 16.5. The average Bonchev–Trinajstić information content (AvgIpc) is 2.71. The van der Waals surface area contributed by atoms with E-state index in [1.54, 1.807) is 31.4 Å². The van der Waals surface area contributed by atoms with E-state index in [-0.39, 0.29) is 11.6 Å². The summed E-state index contributed by atoms with van der Waals surface area (Å²) in [5.74, 6) is 0.550. The van der Waals surface area contributed by atoms with Crippen molar-refractivity contribution >= 4 is 17.3 Å². The summed E-state index contributed by atoms with van der Waals surface area (Å²) in [5.41, 5.74) is 4.45. The first-order chi connectivity index (χ1) is 13.0. The second kappa shape index (κ2) is 6.40. The van der Waals surface area contributed by atoms with Crippen LogP contribution in [-0.2, 0) is 0 Å². The predicted molar refractivity (Wildman–Crippen MR) is 106 cm³/mol. The third kappa shape index (κ3) is 2.70. The fourth-order valence-electron chi connectivity index (χ4n) is 3.51. The van der Waals surface area contributed by atoms with Gasteiger partial charge in [-0.3, -0.25) is 9.59 Å². The van der Waals surface area contributed by atoms with E-state index in [1.807, 2.05) is 55.4 Å². The lowest BCUT2D eigenvalue weighted by Gasteiger charge is -2.25. The van der Waals surface area contributed by atoms with Gasteiger partial charge in [-0.25, -0.2) is 0 Å². The molecule has 4 rings (SSSR count). The van der Waals surface area contributed by atoms with Gasteiger partial charge in [-0.2, -0.15) is 0 Å². The standard InChI is InChI=1S/C23H19NO3/c1-24(2)20-13-15(14-8-10-16(27-3)11-9-14)12-19-21(20)23(26)18-7-5-4-6-17(18)22(19)25/h4-13H,1-3H3. The molecule has 4 nitrogen and oxygen atoms in total. The lowest BCUT2D eigenvalue weighted by molar-refractivity contribution is 0.0979. The third-order valence-corrected chi connectivity index (χ3v) is 4.91. The lowest BCUT2D eigenvalue weighted by atomic mass is 9.81. The van der Waals surface area contributed by atoms with Crippen molar-refractivity contribution in [1.29, 1.82) is 0 Å². The minimum atomic E-state index is -0.112. The molecule has 0 N–H and O–H groups in total. The van der Waals surface area contributed by atoms with E-state index in [0.29, 0.717) is 22.3 Å². The lowest BCUT2D eigenvalue weighted by Crippen LogP contribution is -2.24. The third-order valence-electron chi connectivity index (χ3n) is 4.91. The Morgan fingerprint density at radius 1 is 0.741 bits per heavy atom. The molecule has 0 spiro atoms. The van der Waals surface area contributed by atoms with E-state index in [1.165, 1.54) is 0 Å². The molecule has 0 atom stereocenters. The van der Waals surface area contributed by atoms with Gasteiger partial charge < -0.3 is 9.64 Å². The number of rotatable bonds is 3. The highest BCUT2D eigenvalue weighted by Gasteiger charge is 2.32.